The molecule has 7 heteroatoms. The molecule has 2 heterocycles. The largest absolute Gasteiger partial charge is 0.332 e. The Balaban J connectivity index is 2.41. The molecule has 0 aliphatic heterocycles. The van der Waals surface area contributed by atoms with E-state index >= 15 is 0 Å². The predicted molar refractivity (Wildman–Crippen MR) is 79.4 cm³/mol. The normalized spacial score (nSPS) is 11.2. The molecule has 0 radical (unpaired) electrons. The van der Waals surface area contributed by atoms with Crippen molar-refractivity contribution in [2.24, 2.45) is 7.05 Å². The molecule has 0 aliphatic rings. The van der Waals surface area contributed by atoms with Gasteiger partial charge in [-0.15, -0.1) is 0 Å². The van der Waals surface area contributed by atoms with Crippen LogP contribution in [-0.4, -0.2) is 24.5 Å². The van der Waals surface area contributed by atoms with Crippen molar-refractivity contribution in [3.8, 4) is 0 Å². The SMILES string of the molecule is CCn1cnc2c1c(=O)n(CCCCC(C)=O)c(=O)n2C. The molecule has 114 valence electrons. The van der Waals surface area contributed by atoms with Crippen molar-refractivity contribution in [3.63, 3.8) is 0 Å². The van der Waals surface area contributed by atoms with E-state index in [0.717, 1.165) is 0 Å². The Kier molecular flexibility index (Phi) is 4.40. The molecule has 0 saturated carbocycles. The number of unbranched alkanes of at least 4 members (excludes halogenated alkanes) is 1. The molecule has 2 aromatic rings. The number of hydrogen-bond donors (Lipinski definition) is 0. The van der Waals surface area contributed by atoms with Crippen LogP contribution in [0.15, 0.2) is 15.9 Å². The Morgan fingerprint density at radius 2 is 2.00 bits per heavy atom. The fraction of sp³-hybridized carbons (Fsp3) is 0.571. The van der Waals surface area contributed by atoms with Crippen LogP contribution < -0.4 is 11.2 Å². The van der Waals surface area contributed by atoms with Crippen LogP contribution in [0.4, 0.5) is 0 Å². The van der Waals surface area contributed by atoms with Crippen LogP contribution >= 0.6 is 0 Å². The van der Waals surface area contributed by atoms with E-state index < -0.39 is 0 Å². The van der Waals surface area contributed by atoms with Gasteiger partial charge in [0.1, 0.15) is 5.78 Å². The van der Waals surface area contributed by atoms with Gasteiger partial charge < -0.3 is 9.36 Å². The average Bonchev–Trinajstić information content (AvgIpc) is 2.88. The first kappa shape index (κ1) is 15.2. The molecular weight excluding hydrogens is 272 g/mol. The summed E-state index contributed by atoms with van der Waals surface area (Å²) in [6, 6.07) is 0. The summed E-state index contributed by atoms with van der Waals surface area (Å²) < 4.78 is 4.37. The first-order valence-corrected chi connectivity index (χ1v) is 7.11. The number of hydrogen-bond acceptors (Lipinski definition) is 4. The molecule has 2 aromatic heterocycles. The minimum absolute atomic E-state index is 0.120. The van der Waals surface area contributed by atoms with Crippen molar-refractivity contribution in [2.75, 3.05) is 0 Å². The van der Waals surface area contributed by atoms with Gasteiger partial charge in [0.05, 0.1) is 6.33 Å². The summed E-state index contributed by atoms with van der Waals surface area (Å²) in [6.45, 7) is 4.40. The summed E-state index contributed by atoms with van der Waals surface area (Å²) in [7, 11) is 1.61. The zero-order valence-corrected chi connectivity index (χ0v) is 12.6. The smallest absolute Gasteiger partial charge is 0.325 e. The van der Waals surface area contributed by atoms with E-state index in [-0.39, 0.29) is 17.0 Å². The van der Waals surface area contributed by atoms with Crippen LogP contribution in [0.1, 0.15) is 33.1 Å². The number of carbonyl (C=O) groups is 1. The number of rotatable bonds is 6. The first-order chi connectivity index (χ1) is 9.97. The first-order valence-electron chi connectivity index (χ1n) is 7.11. The van der Waals surface area contributed by atoms with E-state index in [0.29, 0.717) is 43.5 Å². The number of nitrogens with zero attached hydrogens (tertiary/aromatic N) is 4. The van der Waals surface area contributed by atoms with Crippen molar-refractivity contribution in [3.05, 3.63) is 27.2 Å². The van der Waals surface area contributed by atoms with Crippen LogP contribution in [0.25, 0.3) is 11.2 Å². The van der Waals surface area contributed by atoms with E-state index in [4.69, 9.17) is 0 Å². The molecule has 0 N–H and O–H groups in total. The highest BCUT2D eigenvalue weighted by Gasteiger charge is 2.15. The second kappa shape index (κ2) is 6.07. The molecule has 0 amide bonds. The van der Waals surface area contributed by atoms with Gasteiger partial charge in [-0.1, -0.05) is 0 Å². The summed E-state index contributed by atoms with van der Waals surface area (Å²) in [6.07, 6.45) is 3.35. The van der Waals surface area contributed by atoms with Crippen LogP contribution in [0.3, 0.4) is 0 Å². The fourth-order valence-corrected chi connectivity index (χ4v) is 2.40. The zero-order chi connectivity index (χ0) is 15.6. The molecule has 21 heavy (non-hydrogen) atoms. The molecule has 0 bridgehead atoms. The lowest BCUT2D eigenvalue weighted by molar-refractivity contribution is -0.117. The van der Waals surface area contributed by atoms with E-state index in [1.807, 2.05) is 6.92 Å². The Morgan fingerprint density at radius 1 is 1.29 bits per heavy atom. The number of imidazole rings is 1. The van der Waals surface area contributed by atoms with Gasteiger partial charge in [0, 0.05) is 26.6 Å². The number of ketones is 1. The summed E-state index contributed by atoms with van der Waals surface area (Å²) in [5.41, 5.74) is 0.185. The van der Waals surface area contributed by atoms with E-state index in [1.54, 1.807) is 17.9 Å². The van der Waals surface area contributed by atoms with Gasteiger partial charge in [-0.05, 0) is 26.7 Å². The third-order valence-corrected chi connectivity index (χ3v) is 3.60. The second-order valence-electron chi connectivity index (χ2n) is 5.16. The lowest BCUT2D eigenvalue weighted by Gasteiger charge is -2.08. The Hall–Kier alpha value is -2.18. The zero-order valence-electron chi connectivity index (χ0n) is 12.6. The molecule has 0 saturated heterocycles. The van der Waals surface area contributed by atoms with E-state index in [1.165, 1.54) is 16.1 Å². The molecule has 7 nitrogen and oxygen atoms in total. The van der Waals surface area contributed by atoms with Crippen molar-refractivity contribution in [1.82, 2.24) is 18.7 Å². The topological polar surface area (TPSA) is 78.9 Å². The van der Waals surface area contributed by atoms with Gasteiger partial charge in [0.2, 0.25) is 0 Å². The monoisotopic (exact) mass is 292 g/mol. The highest BCUT2D eigenvalue weighted by atomic mass is 16.2. The van der Waals surface area contributed by atoms with Crippen LogP contribution in [0.5, 0.6) is 0 Å². The Labute approximate surface area is 121 Å². The predicted octanol–water partition coefficient (Wildman–Crippen LogP) is 0.676. The molecule has 2 rings (SSSR count). The molecule has 0 aliphatic carbocycles. The van der Waals surface area contributed by atoms with Gasteiger partial charge in [-0.2, -0.15) is 0 Å². The third-order valence-electron chi connectivity index (χ3n) is 3.60. The average molecular weight is 292 g/mol. The summed E-state index contributed by atoms with van der Waals surface area (Å²) in [5, 5.41) is 0. The molecule has 0 spiro atoms. The molecule has 0 unspecified atom stereocenters. The second-order valence-corrected chi connectivity index (χ2v) is 5.16. The maximum absolute atomic E-state index is 12.5. The highest BCUT2D eigenvalue weighted by molar-refractivity contribution is 5.75. The van der Waals surface area contributed by atoms with E-state index in [2.05, 4.69) is 4.98 Å². The van der Waals surface area contributed by atoms with Gasteiger partial charge in [0.15, 0.2) is 11.2 Å². The Bertz CT molecular complexity index is 782. The lowest BCUT2D eigenvalue weighted by atomic mass is 10.2. The number of aryl methyl sites for hydroxylation is 2. The third kappa shape index (κ3) is 2.81. The minimum Gasteiger partial charge on any atom is -0.325 e. The van der Waals surface area contributed by atoms with Crippen molar-refractivity contribution in [1.29, 1.82) is 0 Å². The van der Waals surface area contributed by atoms with E-state index in [9.17, 15) is 14.4 Å². The van der Waals surface area contributed by atoms with Gasteiger partial charge in [0.25, 0.3) is 5.56 Å². The fourth-order valence-electron chi connectivity index (χ4n) is 2.40. The van der Waals surface area contributed by atoms with Crippen LogP contribution in [-0.2, 0) is 24.9 Å². The Morgan fingerprint density at radius 3 is 2.62 bits per heavy atom. The summed E-state index contributed by atoms with van der Waals surface area (Å²) >= 11 is 0. The number of aromatic nitrogens is 4. The van der Waals surface area contributed by atoms with Crippen molar-refractivity contribution in [2.45, 2.75) is 46.2 Å². The van der Waals surface area contributed by atoms with Gasteiger partial charge >= 0.3 is 5.69 Å². The van der Waals surface area contributed by atoms with Gasteiger partial charge in [-0.25, -0.2) is 9.78 Å². The minimum atomic E-state index is -0.364. The number of fused-ring (bicyclic) bond motifs is 1. The van der Waals surface area contributed by atoms with Crippen LogP contribution in [0.2, 0.25) is 0 Å². The van der Waals surface area contributed by atoms with Crippen LogP contribution in [0, 0.1) is 0 Å². The number of Topliss-reactive ketones (excluding diaryl/α,β-unsaturated/α-hetero) is 1. The quantitative estimate of drug-likeness (QED) is 0.733. The molecular formula is C14H20N4O3. The molecule has 0 fully saturated rings. The lowest BCUT2D eigenvalue weighted by Crippen LogP contribution is -2.39. The van der Waals surface area contributed by atoms with Crippen molar-refractivity contribution >= 4 is 16.9 Å². The standard InChI is InChI=1S/C14H20N4O3/c1-4-17-9-15-12-11(17)13(20)18(14(21)16(12)3)8-6-5-7-10(2)19/h9H,4-8H2,1-3H3. The summed E-state index contributed by atoms with van der Waals surface area (Å²) in [5.74, 6) is 0.120. The molecule has 0 aromatic carbocycles. The highest BCUT2D eigenvalue weighted by Crippen LogP contribution is 2.05. The maximum Gasteiger partial charge on any atom is 0.332 e. The van der Waals surface area contributed by atoms with Crippen molar-refractivity contribution < 1.29 is 4.79 Å². The number of carbonyl (C=O) groups excluding carboxylic acids is 1. The maximum atomic E-state index is 12.5. The molecule has 0 atom stereocenters. The summed E-state index contributed by atoms with van der Waals surface area (Å²) in [4.78, 5) is 39.8. The van der Waals surface area contributed by atoms with Gasteiger partial charge in [-0.3, -0.25) is 13.9 Å².